The lowest BCUT2D eigenvalue weighted by Gasteiger charge is -2.28. The number of anilines is 1. The molecule has 1 fully saturated rings. The van der Waals surface area contributed by atoms with E-state index in [0.717, 1.165) is 30.2 Å². The predicted molar refractivity (Wildman–Crippen MR) is 102 cm³/mol. The van der Waals surface area contributed by atoms with Crippen molar-refractivity contribution in [1.82, 2.24) is 20.1 Å². The van der Waals surface area contributed by atoms with Gasteiger partial charge < -0.3 is 15.0 Å². The number of aryl methyl sites for hydroxylation is 1. The third kappa shape index (κ3) is 5.37. The summed E-state index contributed by atoms with van der Waals surface area (Å²) < 4.78 is 6.49. The van der Waals surface area contributed by atoms with Crippen molar-refractivity contribution in [3.63, 3.8) is 0 Å². The van der Waals surface area contributed by atoms with Gasteiger partial charge in [0.15, 0.2) is 0 Å². The highest BCUT2D eigenvalue weighted by Crippen LogP contribution is 2.11. The van der Waals surface area contributed by atoms with Crippen molar-refractivity contribution in [2.75, 3.05) is 31.2 Å². The molecule has 0 radical (unpaired) electrons. The number of rotatable bonds is 6. The summed E-state index contributed by atoms with van der Waals surface area (Å²) in [6, 6.07) is 7.25. The molecular weight excluding hydrogens is 346 g/mol. The van der Waals surface area contributed by atoms with Crippen LogP contribution in [0.5, 0.6) is 0 Å². The van der Waals surface area contributed by atoms with Gasteiger partial charge in [-0.05, 0) is 26.0 Å². The molecule has 27 heavy (non-hydrogen) atoms. The number of ether oxygens (including phenoxy) is 1. The molecule has 8 nitrogen and oxygen atoms in total. The molecule has 0 spiro atoms. The van der Waals surface area contributed by atoms with Crippen molar-refractivity contribution < 1.29 is 9.53 Å². The molecule has 1 amide bonds. The molecule has 1 aliphatic heterocycles. The largest absolute Gasteiger partial charge is 0.378 e. The number of hydrogen-bond acceptors (Lipinski definition) is 6. The Kier molecular flexibility index (Phi) is 6.18. The normalized spacial score (nSPS) is 15.4. The average molecular weight is 371 g/mol. The summed E-state index contributed by atoms with van der Waals surface area (Å²) in [7, 11) is 0. The van der Waals surface area contributed by atoms with Gasteiger partial charge in [0, 0.05) is 43.0 Å². The molecule has 1 unspecified atom stereocenters. The topological polar surface area (TPSA) is 89.4 Å². The zero-order valence-corrected chi connectivity index (χ0v) is 15.7. The van der Waals surface area contributed by atoms with E-state index >= 15 is 0 Å². The number of hydrogen-bond donors (Lipinski definition) is 1. The number of nitrogens with one attached hydrogen (secondary N) is 1. The lowest BCUT2D eigenvalue weighted by atomic mass is 10.1. The second kappa shape index (κ2) is 8.77. The first-order valence-corrected chi connectivity index (χ1v) is 9.13. The number of aromatic nitrogens is 3. The lowest BCUT2D eigenvalue weighted by Crippen LogP contribution is -2.40. The van der Waals surface area contributed by atoms with Crippen molar-refractivity contribution in [1.29, 1.82) is 0 Å². The quantitative estimate of drug-likeness (QED) is 0.797. The third-order valence-corrected chi connectivity index (χ3v) is 4.39. The van der Waals surface area contributed by atoms with Crippen LogP contribution >= 0.6 is 0 Å². The van der Waals surface area contributed by atoms with E-state index in [1.165, 1.54) is 10.7 Å². The van der Waals surface area contributed by atoms with Gasteiger partial charge >= 0.3 is 0 Å². The van der Waals surface area contributed by atoms with E-state index in [2.05, 4.69) is 20.3 Å². The number of nitrogens with zero attached hydrogens (tertiary/aromatic N) is 4. The van der Waals surface area contributed by atoms with Crippen LogP contribution in [0.4, 0.5) is 5.69 Å². The Morgan fingerprint density at radius 2 is 2.11 bits per heavy atom. The monoisotopic (exact) mass is 371 g/mol. The fourth-order valence-corrected chi connectivity index (χ4v) is 3.07. The van der Waals surface area contributed by atoms with Gasteiger partial charge in [-0.2, -0.15) is 5.10 Å². The van der Waals surface area contributed by atoms with Gasteiger partial charge in [0.25, 0.3) is 5.56 Å². The number of carbonyl (C=O) groups excluding carboxylic acids is 1. The Hall–Kier alpha value is -2.74. The van der Waals surface area contributed by atoms with Gasteiger partial charge in [0.2, 0.25) is 5.91 Å². The Morgan fingerprint density at radius 3 is 2.81 bits per heavy atom. The lowest BCUT2D eigenvalue weighted by molar-refractivity contribution is -0.122. The third-order valence-electron chi connectivity index (χ3n) is 4.39. The van der Waals surface area contributed by atoms with Crippen LogP contribution in [-0.4, -0.2) is 53.0 Å². The van der Waals surface area contributed by atoms with Gasteiger partial charge in [-0.25, -0.2) is 4.68 Å². The van der Waals surface area contributed by atoms with Crippen molar-refractivity contribution in [2.24, 2.45) is 0 Å². The fraction of sp³-hybridized carbons (Fsp3) is 0.474. The standard InChI is InChI=1S/C19H25N5O3/c1-14-4-3-5-16(21-14)10-15(2)22-18(25)13-24-19(26)11-17(12-20-24)23-6-8-27-9-7-23/h3-5,11-12,15H,6-10,13H2,1-2H3,(H,22,25). The molecule has 1 atom stereocenters. The molecule has 8 heteroatoms. The van der Waals surface area contributed by atoms with Crippen LogP contribution in [0.15, 0.2) is 35.3 Å². The predicted octanol–water partition coefficient (Wildman–Crippen LogP) is 0.531. The maximum absolute atomic E-state index is 12.3. The Bertz CT molecular complexity index is 845. The minimum atomic E-state index is -0.290. The van der Waals surface area contributed by atoms with Crippen LogP contribution in [0.2, 0.25) is 0 Å². The first-order chi connectivity index (χ1) is 13.0. The van der Waals surface area contributed by atoms with Gasteiger partial charge in [-0.3, -0.25) is 14.6 Å². The van der Waals surface area contributed by atoms with Crippen molar-refractivity contribution in [2.45, 2.75) is 32.9 Å². The molecule has 1 N–H and O–H groups in total. The van der Waals surface area contributed by atoms with Crippen LogP contribution in [-0.2, 0) is 22.5 Å². The van der Waals surface area contributed by atoms with Gasteiger partial charge in [-0.15, -0.1) is 0 Å². The van der Waals surface area contributed by atoms with Gasteiger partial charge in [0.1, 0.15) is 6.54 Å². The van der Waals surface area contributed by atoms with Crippen LogP contribution in [0.1, 0.15) is 18.3 Å². The van der Waals surface area contributed by atoms with Crippen LogP contribution in [0, 0.1) is 6.92 Å². The highest BCUT2D eigenvalue weighted by molar-refractivity contribution is 5.75. The number of carbonyl (C=O) groups is 1. The first-order valence-electron chi connectivity index (χ1n) is 9.13. The average Bonchev–Trinajstić information content (AvgIpc) is 2.64. The van der Waals surface area contributed by atoms with E-state index in [9.17, 15) is 9.59 Å². The van der Waals surface area contributed by atoms with E-state index in [0.29, 0.717) is 19.6 Å². The summed E-state index contributed by atoms with van der Waals surface area (Å²) in [6.45, 7) is 6.49. The van der Waals surface area contributed by atoms with E-state index < -0.39 is 0 Å². The van der Waals surface area contributed by atoms with Crippen LogP contribution in [0.3, 0.4) is 0 Å². The molecule has 3 rings (SSSR count). The van der Waals surface area contributed by atoms with Crippen molar-refractivity contribution >= 4 is 11.6 Å². The number of pyridine rings is 1. The molecule has 3 heterocycles. The summed E-state index contributed by atoms with van der Waals surface area (Å²) in [4.78, 5) is 31.0. The van der Waals surface area contributed by atoms with Gasteiger partial charge in [0.05, 0.1) is 25.1 Å². The van der Waals surface area contributed by atoms with E-state index in [4.69, 9.17) is 4.74 Å². The van der Waals surface area contributed by atoms with Gasteiger partial charge in [-0.1, -0.05) is 6.07 Å². The summed E-state index contributed by atoms with van der Waals surface area (Å²) >= 11 is 0. The second-order valence-electron chi connectivity index (χ2n) is 6.75. The van der Waals surface area contributed by atoms with E-state index in [1.807, 2.05) is 32.0 Å². The molecule has 1 saturated heterocycles. The first kappa shape index (κ1) is 19.0. The fourth-order valence-electron chi connectivity index (χ4n) is 3.07. The van der Waals surface area contributed by atoms with Crippen LogP contribution in [0.25, 0.3) is 0 Å². The molecule has 0 aliphatic carbocycles. The smallest absolute Gasteiger partial charge is 0.269 e. The summed E-state index contributed by atoms with van der Waals surface area (Å²) in [5.41, 5.74) is 2.34. The van der Waals surface area contributed by atoms with E-state index in [1.54, 1.807) is 6.20 Å². The molecule has 0 aromatic carbocycles. The zero-order chi connectivity index (χ0) is 19.2. The van der Waals surface area contributed by atoms with Crippen molar-refractivity contribution in [3.05, 3.63) is 52.2 Å². The highest BCUT2D eigenvalue weighted by Gasteiger charge is 2.14. The summed E-state index contributed by atoms with van der Waals surface area (Å²) in [5.74, 6) is -0.246. The number of morpholine rings is 1. The Labute approximate surface area is 158 Å². The Morgan fingerprint density at radius 1 is 1.33 bits per heavy atom. The molecule has 1 aliphatic rings. The minimum absolute atomic E-state index is 0.0878. The SMILES string of the molecule is Cc1cccc(CC(C)NC(=O)Cn2ncc(N3CCOCC3)cc2=O)n1. The zero-order valence-electron chi connectivity index (χ0n) is 15.7. The summed E-state index contributed by atoms with van der Waals surface area (Å²) in [6.07, 6.45) is 2.26. The molecule has 144 valence electrons. The minimum Gasteiger partial charge on any atom is -0.378 e. The van der Waals surface area contributed by atoms with Crippen molar-refractivity contribution in [3.8, 4) is 0 Å². The maximum Gasteiger partial charge on any atom is 0.269 e. The summed E-state index contributed by atoms with van der Waals surface area (Å²) in [5, 5.41) is 7.04. The maximum atomic E-state index is 12.3. The second-order valence-corrected chi connectivity index (χ2v) is 6.75. The Balaban J connectivity index is 1.56. The number of amides is 1. The molecule has 0 saturated carbocycles. The highest BCUT2D eigenvalue weighted by atomic mass is 16.5. The molecule has 0 bridgehead atoms. The van der Waals surface area contributed by atoms with Crippen LogP contribution < -0.4 is 15.8 Å². The molecular formula is C19H25N5O3. The molecule has 2 aromatic heterocycles. The molecule has 2 aromatic rings. The van der Waals surface area contributed by atoms with E-state index in [-0.39, 0.29) is 24.1 Å².